The lowest BCUT2D eigenvalue weighted by Crippen LogP contribution is -2.41. The number of primary amides is 1. The molecule has 2 amide bonds. The summed E-state index contributed by atoms with van der Waals surface area (Å²) in [6, 6.07) is 15.0. The Morgan fingerprint density at radius 3 is 2.61 bits per heavy atom. The van der Waals surface area contributed by atoms with Gasteiger partial charge in [-0.3, -0.25) is 9.59 Å². The third-order valence-electron chi connectivity index (χ3n) is 5.25. The SMILES string of the molecule is CN(C(=O)C1CCN(c2nc3ccccc3s2)CC1)c1cccc(C(N)=O)c1. The van der Waals surface area contributed by atoms with Crippen molar-refractivity contribution in [3.05, 3.63) is 54.1 Å². The first kappa shape index (κ1) is 18.4. The van der Waals surface area contributed by atoms with E-state index in [4.69, 9.17) is 10.7 Å². The number of para-hydroxylation sites is 1. The smallest absolute Gasteiger partial charge is 0.248 e. The van der Waals surface area contributed by atoms with E-state index in [0.29, 0.717) is 11.3 Å². The van der Waals surface area contributed by atoms with Crippen LogP contribution in [0.5, 0.6) is 0 Å². The minimum Gasteiger partial charge on any atom is -0.366 e. The predicted molar refractivity (Wildman–Crippen MR) is 113 cm³/mol. The van der Waals surface area contributed by atoms with Crippen LogP contribution < -0.4 is 15.5 Å². The second-order valence-electron chi connectivity index (χ2n) is 7.04. The molecule has 0 atom stereocenters. The van der Waals surface area contributed by atoms with Crippen LogP contribution in [-0.2, 0) is 4.79 Å². The van der Waals surface area contributed by atoms with E-state index in [1.807, 2.05) is 24.3 Å². The third-order valence-corrected chi connectivity index (χ3v) is 6.34. The first-order chi connectivity index (χ1) is 13.5. The van der Waals surface area contributed by atoms with Crippen LogP contribution in [0.1, 0.15) is 23.2 Å². The number of carbonyl (C=O) groups excluding carboxylic acids is 2. The van der Waals surface area contributed by atoms with Gasteiger partial charge in [0.25, 0.3) is 0 Å². The Labute approximate surface area is 167 Å². The van der Waals surface area contributed by atoms with Crippen molar-refractivity contribution in [3.8, 4) is 0 Å². The van der Waals surface area contributed by atoms with E-state index in [1.54, 1.807) is 41.5 Å². The maximum atomic E-state index is 12.9. The van der Waals surface area contributed by atoms with Gasteiger partial charge in [-0.05, 0) is 43.2 Å². The van der Waals surface area contributed by atoms with Gasteiger partial charge in [0.2, 0.25) is 11.8 Å². The van der Waals surface area contributed by atoms with Crippen molar-refractivity contribution >= 4 is 44.2 Å². The number of aromatic nitrogens is 1. The van der Waals surface area contributed by atoms with E-state index < -0.39 is 5.91 Å². The monoisotopic (exact) mass is 394 g/mol. The molecule has 0 saturated carbocycles. The lowest BCUT2D eigenvalue weighted by atomic mass is 9.95. The normalized spacial score (nSPS) is 15.0. The highest BCUT2D eigenvalue weighted by Crippen LogP contribution is 2.32. The van der Waals surface area contributed by atoms with Gasteiger partial charge in [-0.25, -0.2) is 4.98 Å². The van der Waals surface area contributed by atoms with Gasteiger partial charge in [-0.15, -0.1) is 0 Å². The first-order valence-corrected chi connectivity index (χ1v) is 10.1. The Morgan fingerprint density at radius 1 is 1.14 bits per heavy atom. The minimum absolute atomic E-state index is 0.0344. The molecule has 0 radical (unpaired) electrons. The molecule has 144 valence electrons. The number of benzene rings is 2. The average molecular weight is 395 g/mol. The number of rotatable bonds is 4. The highest BCUT2D eigenvalue weighted by molar-refractivity contribution is 7.22. The number of hydrogen-bond acceptors (Lipinski definition) is 5. The quantitative estimate of drug-likeness (QED) is 0.736. The van der Waals surface area contributed by atoms with Gasteiger partial charge in [0, 0.05) is 37.3 Å². The maximum Gasteiger partial charge on any atom is 0.248 e. The average Bonchev–Trinajstić information content (AvgIpc) is 3.17. The van der Waals surface area contributed by atoms with Gasteiger partial charge in [-0.2, -0.15) is 0 Å². The van der Waals surface area contributed by atoms with Crippen LogP contribution >= 0.6 is 11.3 Å². The van der Waals surface area contributed by atoms with Crippen LogP contribution in [0.3, 0.4) is 0 Å². The second-order valence-corrected chi connectivity index (χ2v) is 8.05. The summed E-state index contributed by atoms with van der Waals surface area (Å²) >= 11 is 1.70. The number of nitrogens with two attached hydrogens (primary N) is 1. The molecular weight excluding hydrogens is 372 g/mol. The maximum absolute atomic E-state index is 12.9. The number of thiazole rings is 1. The Kier molecular flexibility index (Phi) is 5.00. The van der Waals surface area contributed by atoms with Gasteiger partial charge >= 0.3 is 0 Å². The second kappa shape index (κ2) is 7.59. The van der Waals surface area contributed by atoms with Crippen molar-refractivity contribution in [1.82, 2.24) is 4.98 Å². The van der Waals surface area contributed by atoms with Crippen molar-refractivity contribution in [2.45, 2.75) is 12.8 Å². The van der Waals surface area contributed by atoms with Crippen molar-refractivity contribution in [2.75, 3.05) is 29.9 Å². The zero-order valence-electron chi connectivity index (χ0n) is 15.7. The predicted octanol–water partition coefficient (Wildman–Crippen LogP) is 3.27. The number of anilines is 2. The topological polar surface area (TPSA) is 79.5 Å². The summed E-state index contributed by atoms with van der Waals surface area (Å²) < 4.78 is 1.18. The summed E-state index contributed by atoms with van der Waals surface area (Å²) in [5.74, 6) is -0.453. The van der Waals surface area contributed by atoms with E-state index in [1.165, 1.54) is 4.70 Å². The van der Waals surface area contributed by atoms with Crippen molar-refractivity contribution in [3.63, 3.8) is 0 Å². The minimum atomic E-state index is -0.494. The summed E-state index contributed by atoms with van der Waals surface area (Å²) in [5.41, 5.74) is 7.47. The summed E-state index contributed by atoms with van der Waals surface area (Å²) in [6.07, 6.45) is 1.57. The van der Waals surface area contributed by atoms with Gasteiger partial charge in [0.1, 0.15) is 0 Å². The first-order valence-electron chi connectivity index (χ1n) is 9.31. The van der Waals surface area contributed by atoms with E-state index in [-0.39, 0.29) is 11.8 Å². The molecule has 1 saturated heterocycles. The Hall–Kier alpha value is -2.93. The molecule has 1 aliphatic rings. The molecule has 28 heavy (non-hydrogen) atoms. The van der Waals surface area contributed by atoms with Crippen molar-refractivity contribution in [1.29, 1.82) is 0 Å². The summed E-state index contributed by atoms with van der Waals surface area (Å²) in [4.78, 5) is 32.9. The molecule has 3 aromatic rings. The number of amides is 2. The van der Waals surface area contributed by atoms with Gasteiger partial charge in [0.15, 0.2) is 5.13 Å². The zero-order chi connectivity index (χ0) is 19.7. The standard InChI is InChI=1S/C21H22N4O2S/c1-24(16-6-4-5-15(13-16)19(22)26)20(27)14-9-11-25(12-10-14)21-23-17-7-2-3-8-18(17)28-21/h2-8,13-14H,9-12H2,1H3,(H2,22,26). The van der Waals surface area contributed by atoms with E-state index in [9.17, 15) is 9.59 Å². The molecule has 7 heteroatoms. The largest absolute Gasteiger partial charge is 0.366 e. The molecule has 0 aliphatic carbocycles. The number of carbonyl (C=O) groups is 2. The van der Waals surface area contributed by atoms with Crippen molar-refractivity contribution < 1.29 is 9.59 Å². The van der Waals surface area contributed by atoms with Gasteiger partial charge in [0.05, 0.1) is 10.2 Å². The molecule has 2 heterocycles. The van der Waals surface area contributed by atoms with Gasteiger partial charge < -0.3 is 15.5 Å². The fraction of sp³-hybridized carbons (Fsp3) is 0.286. The summed E-state index contributed by atoms with van der Waals surface area (Å²) in [7, 11) is 1.75. The molecule has 2 N–H and O–H groups in total. The highest BCUT2D eigenvalue weighted by Gasteiger charge is 2.29. The molecule has 1 aromatic heterocycles. The molecule has 0 bridgehead atoms. The van der Waals surface area contributed by atoms with E-state index in [0.717, 1.165) is 36.6 Å². The van der Waals surface area contributed by atoms with E-state index >= 15 is 0 Å². The Balaban J connectivity index is 1.42. The third kappa shape index (κ3) is 3.57. The number of nitrogens with zero attached hydrogens (tertiary/aromatic N) is 3. The fourth-order valence-corrected chi connectivity index (χ4v) is 4.60. The molecule has 1 aliphatic heterocycles. The molecule has 4 rings (SSSR count). The number of hydrogen-bond donors (Lipinski definition) is 1. The molecule has 0 unspecified atom stereocenters. The van der Waals surface area contributed by atoms with Crippen LogP contribution in [0.25, 0.3) is 10.2 Å². The van der Waals surface area contributed by atoms with Crippen LogP contribution in [0, 0.1) is 5.92 Å². The van der Waals surface area contributed by atoms with Crippen LogP contribution in [-0.4, -0.2) is 36.9 Å². The molecular formula is C21H22N4O2S. The summed E-state index contributed by atoms with van der Waals surface area (Å²) in [6.45, 7) is 1.62. The molecule has 1 fully saturated rings. The van der Waals surface area contributed by atoms with Crippen LogP contribution in [0.15, 0.2) is 48.5 Å². The van der Waals surface area contributed by atoms with E-state index in [2.05, 4.69) is 11.0 Å². The molecule has 6 nitrogen and oxygen atoms in total. The van der Waals surface area contributed by atoms with Crippen LogP contribution in [0.2, 0.25) is 0 Å². The van der Waals surface area contributed by atoms with Crippen molar-refractivity contribution in [2.24, 2.45) is 11.7 Å². The Morgan fingerprint density at radius 2 is 1.89 bits per heavy atom. The molecule has 2 aromatic carbocycles. The van der Waals surface area contributed by atoms with Gasteiger partial charge in [-0.1, -0.05) is 29.5 Å². The zero-order valence-corrected chi connectivity index (χ0v) is 16.5. The number of fused-ring (bicyclic) bond motifs is 1. The number of piperidine rings is 1. The van der Waals surface area contributed by atoms with Crippen LogP contribution in [0.4, 0.5) is 10.8 Å². The highest BCUT2D eigenvalue weighted by atomic mass is 32.1. The Bertz CT molecular complexity index is 991. The molecule has 0 spiro atoms. The summed E-state index contributed by atoms with van der Waals surface area (Å²) in [5, 5.41) is 1.02. The fourth-order valence-electron chi connectivity index (χ4n) is 3.58. The lowest BCUT2D eigenvalue weighted by Gasteiger charge is -2.33. The lowest BCUT2D eigenvalue weighted by molar-refractivity contribution is -0.122.